The maximum absolute atomic E-state index is 12.4. The number of aromatic carboxylic acids is 1. The minimum atomic E-state index is -1.06. The molecule has 2 heterocycles. The number of nitrogens with one attached hydrogen (secondary N) is 1. The summed E-state index contributed by atoms with van der Waals surface area (Å²) in [6.45, 7) is 0. The third-order valence-electron chi connectivity index (χ3n) is 4.19. The number of nitrogens with zero attached hydrogens (tertiary/aromatic N) is 3. The van der Waals surface area contributed by atoms with Gasteiger partial charge in [0.25, 0.3) is 0 Å². The average Bonchev–Trinajstić information content (AvgIpc) is 3.43. The quantitative estimate of drug-likeness (QED) is 0.392. The number of thioether (sulfide) groups is 1. The van der Waals surface area contributed by atoms with E-state index in [1.165, 1.54) is 23.9 Å². The Morgan fingerprint density at radius 2 is 1.90 bits per heavy atom. The minimum absolute atomic E-state index is 0.0428. The van der Waals surface area contributed by atoms with Crippen LogP contribution in [0.4, 0.5) is 5.69 Å². The Labute approximate surface area is 185 Å². The second-order valence-electron chi connectivity index (χ2n) is 6.32. The molecule has 0 unspecified atom stereocenters. The summed E-state index contributed by atoms with van der Waals surface area (Å²) in [5.41, 5.74) is 1.26. The summed E-state index contributed by atoms with van der Waals surface area (Å²) in [5, 5.41) is 21.3. The lowest BCUT2D eigenvalue weighted by molar-refractivity contribution is -0.113. The highest BCUT2D eigenvalue weighted by atomic mass is 35.5. The maximum Gasteiger partial charge on any atom is 0.335 e. The van der Waals surface area contributed by atoms with E-state index in [-0.39, 0.29) is 17.2 Å². The van der Waals surface area contributed by atoms with E-state index in [9.17, 15) is 9.59 Å². The van der Waals surface area contributed by atoms with Gasteiger partial charge in [-0.05, 0) is 54.6 Å². The van der Waals surface area contributed by atoms with Gasteiger partial charge in [-0.25, -0.2) is 4.79 Å². The van der Waals surface area contributed by atoms with Crippen LogP contribution in [0.5, 0.6) is 0 Å². The van der Waals surface area contributed by atoms with Gasteiger partial charge in [-0.15, -0.1) is 10.2 Å². The summed E-state index contributed by atoms with van der Waals surface area (Å²) >= 11 is 7.20. The molecule has 2 aromatic carbocycles. The molecule has 8 nitrogen and oxygen atoms in total. The zero-order valence-electron chi connectivity index (χ0n) is 15.9. The molecule has 4 rings (SSSR count). The van der Waals surface area contributed by atoms with Crippen LogP contribution < -0.4 is 5.32 Å². The molecule has 10 heteroatoms. The van der Waals surface area contributed by atoms with Gasteiger partial charge in [-0.1, -0.05) is 29.4 Å². The van der Waals surface area contributed by atoms with Crippen molar-refractivity contribution in [2.45, 2.75) is 5.16 Å². The third-order valence-corrected chi connectivity index (χ3v) is 5.37. The van der Waals surface area contributed by atoms with E-state index in [4.69, 9.17) is 21.1 Å². The minimum Gasteiger partial charge on any atom is -0.478 e. The van der Waals surface area contributed by atoms with E-state index < -0.39 is 5.97 Å². The maximum atomic E-state index is 12.4. The van der Waals surface area contributed by atoms with E-state index in [1.54, 1.807) is 47.2 Å². The zero-order valence-corrected chi connectivity index (χ0v) is 17.4. The van der Waals surface area contributed by atoms with Crippen molar-refractivity contribution in [2.24, 2.45) is 0 Å². The molecule has 1 amide bonds. The largest absolute Gasteiger partial charge is 0.478 e. The molecule has 0 saturated heterocycles. The standard InChI is InChI=1S/C21H15ClN4O4S/c22-14-6-8-16(9-7-14)26-19(17-5-2-10-30-17)24-25-21(26)31-12-18(27)23-15-4-1-3-13(11-15)20(28)29/h1-11H,12H2,(H,23,27)(H,28,29). The topological polar surface area (TPSA) is 110 Å². The van der Waals surface area contributed by atoms with Crippen molar-refractivity contribution in [3.63, 3.8) is 0 Å². The van der Waals surface area contributed by atoms with Gasteiger partial charge >= 0.3 is 5.97 Å². The normalized spacial score (nSPS) is 10.7. The first-order valence-electron chi connectivity index (χ1n) is 9.02. The third kappa shape index (κ3) is 4.79. The number of benzene rings is 2. The fraction of sp³-hybridized carbons (Fsp3) is 0.0476. The van der Waals surface area contributed by atoms with Crippen molar-refractivity contribution in [1.29, 1.82) is 0 Å². The van der Waals surface area contributed by atoms with Gasteiger partial charge < -0.3 is 14.8 Å². The number of aromatic nitrogens is 3. The van der Waals surface area contributed by atoms with E-state index in [1.807, 2.05) is 12.1 Å². The molecule has 0 aliphatic rings. The number of carbonyl (C=O) groups is 2. The first-order valence-corrected chi connectivity index (χ1v) is 10.4. The van der Waals surface area contributed by atoms with Crippen LogP contribution in [0.25, 0.3) is 17.3 Å². The number of rotatable bonds is 7. The molecule has 156 valence electrons. The van der Waals surface area contributed by atoms with Crippen LogP contribution in [-0.2, 0) is 4.79 Å². The fourth-order valence-electron chi connectivity index (χ4n) is 2.81. The molecule has 0 saturated carbocycles. The number of hydrogen-bond donors (Lipinski definition) is 2. The van der Waals surface area contributed by atoms with Crippen LogP contribution in [-0.4, -0.2) is 37.5 Å². The Balaban J connectivity index is 1.54. The average molecular weight is 455 g/mol. The van der Waals surface area contributed by atoms with Crippen molar-refractivity contribution >= 4 is 40.9 Å². The van der Waals surface area contributed by atoms with Gasteiger partial charge in [0.05, 0.1) is 17.6 Å². The highest BCUT2D eigenvalue weighted by Gasteiger charge is 2.19. The summed E-state index contributed by atoms with van der Waals surface area (Å²) < 4.78 is 7.24. The first-order chi connectivity index (χ1) is 15.0. The van der Waals surface area contributed by atoms with E-state index >= 15 is 0 Å². The van der Waals surface area contributed by atoms with Gasteiger partial charge in [-0.3, -0.25) is 9.36 Å². The van der Waals surface area contributed by atoms with Gasteiger partial charge in [0, 0.05) is 16.4 Å². The predicted octanol–water partition coefficient (Wildman–Crippen LogP) is 4.61. The second kappa shape index (κ2) is 9.07. The summed E-state index contributed by atoms with van der Waals surface area (Å²) in [4.78, 5) is 23.5. The Morgan fingerprint density at radius 3 is 2.61 bits per heavy atom. The molecule has 0 aliphatic carbocycles. The summed E-state index contributed by atoms with van der Waals surface area (Å²) in [6.07, 6.45) is 1.54. The van der Waals surface area contributed by atoms with Gasteiger partial charge in [0.1, 0.15) is 0 Å². The number of furan rings is 1. The van der Waals surface area contributed by atoms with E-state index in [2.05, 4.69) is 15.5 Å². The molecule has 31 heavy (non-hydrogen) atoms. The lowest BCUT2D eigenvalue weighted by Gasteiger charge is -2.10. The Bertz CT molecular complexity index is 1220. The molecule has 0 spiro atoms. The lowest BCUT2D eigenvalue weighted by atomic mass is 10.2. The summed E-state index contributed by atoms with van der Waals surface area (Å²) in [6, 6.07) is 16.7. The van der Waals surface area contributed by atoms with Crippen molar-refractivity contribution in [2.75, 3.05) is 11.1 Å². The number of carboxylic acids is 1. The SMILES string of the molecule is O=C(CSc1nnc(-c2ccco2)n1-c1ccc(Cl)cc1)Nc1cccc(C(=O)O)c1. The molecule has 2 N–H and O–H groups in total. The molecule has 0 fully saturated rings. The molecular weight excluding hydrogens is 440 g/mol. The van der Waals surface area contributed by atoms with E-state index in [0.29, 0.717) is 27.5 Å². The number of halogens is 1. The van der Waals surface area contributed by atoms with Gasteiger partial charge in [0.2, 0.25) is 11.7 Å². The Kier molecular flexibility index (Phi) is 6.06. The smallest absolute Gasteiger partial charge is 0.335 e. The van der Waals surface area contributed by atoms with Crippen molar-refractivity contribution in [3.05, 3.63) is 77.5 Å². The van der Waals surface area contributed by atoms with E-state index in [0.717, 1.165) is 5.69 Å². The number of anilines is 1. The van der Waals surface area contributed by atoms with Crippen molar-refractivity contribution in [3.8, 4) is 17.3 Å². The number of amides is 1. The molecule has 0 aliphatic heterocycles. The number of hydrogen-bond acceptors (Lipinski definition) is 6. The highest BCUT2D eigenvalue weighted by Crippen LogP contribution is 2.29. The summed E-state index contributed by atoms with van der Waals surface area (Å²) in [5.74, 6) is -0.306. The molecule has 2 aromatic heterocycles. The Morgan fingerprint density at radius 1 is 1.10 bits per heavy atom. The van der Waals surface area contributed by atoms with Crippen LogP contribution in [0.2, 0.25) is 5.02 Å². The van der Waals surface area contributed by atoms with Gasteiger partial charge in [-0.2, -0.15) is 0 Å². The molecule has 0 bridgehead atoms. The monoisotopic (exact) mass is 454 g/mol. The molecular formula is C21H15ClN4O4S. The predicted molar refractivity (Wildman–Crippen MR) is 117 cm³/mol. The fourth-order valence-corrected chi connectivity index (χ4v) is 3.69. The van der Waals surface area contributed by atoms with Crippen LogP contribution >= 0.6 is 23.4 Å². The van der Waals surface area contributed by atoms with Crippen molar-refractivity contribution < 1.29 is 19.1 Å². The van der Waals surface area contributed by atoms with Crippen LogP contribution in [0, 0.1) is 0 Å². The number of carboxylic acid groups (broad SMARTS) is 1. The zero-order chi connectivity index (χ0) is 21.8. The number of carbonyl (C=O) groups excluding carboxylic acids is 1. The van der Waals surface area contributed by atoms with Crippen LogP contribution in [0.1, 0.15) is 10.4 Å². The molecule has 4 aromatic rings. The summed E-state index contributed by atoms with van der Waals surface area (Å²) in [7, 11) is 0. The molecule has 0 radical (unpaired) electrons. The Hall–Kier alpha value is -3.56. The highest BCUT2D eigenvalue weighted by molar-refractivity contribution is 7.99. The second-order valence-corrected chi connectivity index (χ2v) is 7.70. The van der Waals surface area contributed by atoms with Crippen LogP contribution in [0.3, 0.4) is 0 Å². The van der Waals surface area contributed by atoms with Crippen molar-refractivity contribution in [1.82, 2.24) is 14.8 Å². The lowest BCUT2D eigenvalue weighted by Crippen LogP contribution is -2.15. The first kappa shape index (κ1) is 20.7. The van der Waals surface area contributed by atoms with Crippen LogP contribution in [0.15, 0.2) is 76.5 Å². The van der Waals surface area contributed by atoms with Gasteiger partial charge in [0.15, 0.2) is 10.9 Å². The molecule has 0 atom stereocenters.